The Kier molecular flexibility index (Phi) is 5.26. The van der Waals surface area contributed by atoms with Crippen molar-refractivity contribution in [2.75, 3.05) is 13.0 Å². The Morgan fingerprint density at radius 1 is 1.40 bits per heavy atom. The van der Waals surface area contributed by atoms with E-state index in [4.69, 9.17) is 11.6 Å². The van der Waals surface area contributed by atoms with Crippen LogP contribution in [0, 0.1) is 0 Å². The van der Waals surface area contributed by atoms with Gasteiger partial charge in [0.25, 0.3) is 0 Å². The van der Waals surface area contributed by atoms with Gasteiger partial charge in [0, 0.05) is 11.6 Å². The number of esters is 1. The summed E-state index contributed by atoms with van der Waals surface area (Å²) in [7, 11) is 2.16. The van der Waals surface area contributed by atoms with E-state index in [0.717, 1.165) is 0 Å². The smallest absolute Gasteiger partial charge is 0.406 e. The maximum absolute atomic E-state index is 10.3. The zero-order chi connectivity index (χ0) is 7.98. The summed E-state index contributed by atoms with van der Waals surface area (Å²) >= 11 is 4.75. The van der Waals surface area contributed by atoms with Crippen LogP contribution < -0.4 is 0 Å². The number of halogens is 1. The van der Waals surface area contributed by atoms with Crippen LogP contribution in [0.25, 0.3) is 0 Å². The van der Waals surface area contributed by atoms with Crippen LogP contribution in [0.1, 0.15) is 0 Å². The fraction of sp³-hybridized carbons (Fsp3) is 0.500. The third-order valence-corrected chi connectivity index (χ3v) is 1.00. The summed E-state index contributed by atoms with van der Waals surface area (Å²) in [4.78, 5) is 20.2. The molecular weight excluding hydrogens is 178 g/mol. The highest BCUT2D eigenvalue weighted by Crippen LogP contribution is 1.89. The van der Waals surface area contributed by atoms with Crippen LogP contribution in [0.5, 0.6) is 0 Å². The van der Waals surface area contributed by atoms with Crippen molar-refractivity contribution in [2.45, 2.75) is 0 Å². The Balaban J connectivity index is 3.20. The molecule has 0 aliphatic carbocycles. The van der Waals surface area contributed by atoms with Crippen LogP contribution in [0.3, 0.4) is 0 Å². The van der Waals surface area contributed by atoms with Crippen LogP contribution in [0.2, 0.25) is 0 Å². The van der Waals surface area contributed by atoms with Gasteiger partial charge in [-0.15, -0.1) is 9.24 Å². The van der Waals surface area contributed by atoms with Crippen LogP contribution in [-0.2, 0) is 14.3 Å². The lowest BCUT2D eigenvalue weighted by Crippen LogP contribution is -2.09. The predicted octanol–water partition coefficient (Wildman–Crippen LogP) is 0.738. The van der Waals surface area contributed by atoms with Crippen LogP contribution in [-0.4, -0.2) is 24.4 Å². The van der Waals surface area contributed by atoms with Gasteiger partial charge in [0.2, 0.25) is 6.79 Å². The lowest BCUT2D eigenvalue weighted by molar-refractivity contribution is -0.148. The molecule has 0 amide bonds. The molecule has 0 bridgehead atoms. The van der Waals surface area contributed by atoms with E-state index in [1.54, 1.807) is 0 Å². The molecule has 0 N–H and O–H groups in total. The molecule has 0 heterocycles. The number of hydrogen-bond acceptors (Lipinski definition) is 4. The van der Waals surface area contributed by atoms with Crippen molar-refractivity contribution in [3.63, 3.8) is 0 Å². The van der Waals surface area contributed by atoms with Crippen LogP contribution >= 0.6 is 20.8 Å². The molecule has 6 heteroatoms. The Bertz CT molecular complexity index is 137. The van der Waals surface area contributed by atoms with Crippen molar-refractivity contribution in [1.82, 2.24) is 0 Å². The van der Waals surface area contributed by atoms with E-state index in [1.807, 2.05) is 0 Å². The van der Waals surface area contributed by atoms with Gasteiger partial charge in [-0.25, -0.2) is 4.79 Å². The normalized spacial score (nSPS) is 8.60. The summed E-state index contributed by atoms with van der Waals surface area (Å²) in [6.07, 6.45) is 0.167. The average molecular weight is 185 g/mol. The highest BCUT2D eigenvalue weighted by molar-refractivity contribution is 7.18. The van der Waals surface area contributed by atoms with Gasteiger partial charge in [-0.2, -0.15) is 0 Å². The Hall–Kier alpha value is -0.340. The first-order valence-electron chi connectivity index (χ1n) is 2.34. The minimum atomic E-state index is -0.989. The van der Waals surface area contributed by atoms with Crippen molar-refractivity contribution in [3.05, 3.63) is 0 Å². The lowest BCUT2D eigenvalue weighted by atomic mass is 10.8. The molecule has 58 valence electrons. The second-order valence-corrected chi connectivity index (χ2v) is 1.94. The minimum absolute atomic E-state index is 0.167. The first-order chi connectivity index (χ1) is 4.66. The van der Waals surface area contributed by atoms with Crippen molar-refractivity contribution < 1.29 is 19.1 Å². The fourth-order valence-corrected chi connectivity index (χ4v) is 0.363. The molecule has 1 unspecified atom stereocenters. The largest absolute Gasteiger partial charge is 0.428 e. The Morgan fingerprint density at radius 2 is 2.00 bits per heavy atom. The number of carbonyl (C=O) groups is 2. The van der Waals surface area contributed by atoms with Crippen molar-refractivity contribution in [2.24, 2.45) is 0 Å². The lowest BCUT2D eigenvalue weighted by Gasteiger charge is -2.00. The van der Waals surface area contributed by atoms with Gasteiger partial charge in [0.1, 0.15) is 0 Å². The van der Waals surface area contributed by atoms with Crippen molar-refractivity contribution in [1.29, 1.82) is 0 Å². The highest BCUT2D eigenvalue weighted by atomic mass is 35.5. The van der Waals surface area contributed by atoms with E-state index in [1.165, 1.54) is 0 Å². The molecule has 10 heavy (non-hydrogen) atoms. The molecule has 0 rings (SSSR count). The molecule has 0 saturated carbocycles. The SMILES string of the molecule is O=C(Cl)OCOC(=O)CP. The zero-order valence-electron chi connectivity index (χ0n) is 5.00. The monoisotopic (exact) mass is 184 g/mol. The maximum atomic E-state index is 10.3. The standard InChI is InChI=1S/C4H6ClO4P/c5-4(7)9-2-8-3(6)1-10/h1-2,10H2. The molecule has 0 aromatic rings. The summed E-state index contributed by atoms with van der Waals surface area (Å²) < 4.78 is 8.40. The molecule has 0 radical (unpaired) electrons. The van der Waals surface area contributed by atoms with Gasteiger partial charge < -0.3 is 9.47 Å². The summed E-state index contributed by atoms with van der Waals surface area (Å²) in [6.45, 7) is -0.421. The van der Waals surface area contributed by atoms with E-state index in [9.17, 15) is 9.59 Å². The summed E-state index contributed by atoms with van der Waals surface area (Å²) in [5.74, 6) is -0.470. The van der Waals surface area contributed by atoms with E-state index in [2.05, 4.69) is 18.7 Å². The van der Waals surface area contributed by atoms with E-state index in [-0.39, 0.29) is 6.16 Å². The summed E-state index contributed by atoms with van der Waals surface area (Å²) in [5, 5.41) is 0. The van der Waals surface area contributed by atoms with Gasteiger partial charge >= 0.3 is 11.4 Å². The van der Waals surface area contributed by atoms with Gasteiger partial charge in [-0.3, -0.25) is 4.79 Å². The molecule has 0 fully saturated rings. The topological polar surface area (TPSA) is 52.6 Å². The molecular formula is C4H6ClO4P. The van der Waals surface area contributed by atoms with Gasteiger partial charge in [-0.05, 0) is 0 Å². The Labute approximate surface area is 65.0 Å². The molecule has 0 aliphatic heterocycles. The maximum Gasteiger partial charge on any atom is 0.406 e. The predicted molar refractivity (Wildman–Crippen MR) is 37.9 cm³/mol. The van der Waals surface area contributed by atoms with Crippen LogP contribution in [0.4, 0.5) is 4.79 Å². The second kappa shape index (κ2) is 5.45. The molecule has 0 aromatic carbocycles. The summed E-state index contributed by atoms with van der Waals surface area (Å²) in [6, 6.07) is 0. The van der Waals surface area contributed by atoms with E-state index in [0.29, 0.717) is 0 Å². The first kappa shape index (κ1) is 9.66. The van der Waals surface area contributed by atoms with E-state index < -0.39 is 18.2 Å². The molecule has 1 atom stereocenters. The fourth-order valence-electron chi connectivity index (χ4n) is 0.200. The third kappa shape index (κ3) is 5.79. The minimum Gasteiger partial charge on any atom is -0.428 e. The Morgan fingerprint density at radius 3 is 2.40 bits per heavy atom. The number of rotatable bonds is 3. The molecule has 4 nitrogen and oxygen atoms in total. The number of hydrogen-bond donors (Lipinski definition) is 0. The zero-order valence-corrected chi connectivity index (χ0v) is 6.91. The van der Waals surface area contributed by atoms with Crippen molar-refractivity contribution >= 4 is 32.2 Å². The van der Waals surface area contributed by atoms with Crippen molar-refractivity contribution in [3.8, 4) is 0 Å². The molecule has 0 spiro atoms. The van der Waals surface area contributed by atoms with Crippen LogP contribution in [0.15, 0.2) is 0 Å². The number of ether oxygens (including phenoxy) is 2. The van der Waals surface area contributed by atoms with Gasteiger partial charge in [0.15, 0.2) is 0 Å². The average Bonchev–Trinajstić information content (AvgIpc) is 1.87. The second-order valence-electron chi connectivity index (χ2n) is 1.22. The highest BCUT2D eigenvalue weighted by Gasteiger charge is 1.99. The third-order valence-electron chi connectivity index (χ3n) is 0.559. The molecule has 0 saturated heterocycles. The molecule has 0 aliphatic rings. The molecule has 0 aromatic heterocycles. The summed E-state index contributed by atoms with van der Waals surface area (Å²) in [5.41, 5.74) is -0.989. The van der Waals surface area contributed by atoms with E-state index >= 15 is 0 Å². The first-order valence-corrected chi connectivity index (χ1v) is 3.54. The van der Waals surface area contributed by atoms with Gasteiger partial charge in [0.05, 0.1) is 6.16 Å². The quantitative estimate of drug-likeness (QED) is 0.281. The van der Waals surface area contributed by atoms with Gasteiger partial charge in [-0.1, -0.05) is 0 Å². The number of carbonyl (C=O) groups excluding carboxylic acids is 2.